The zero-order chi connectivity index (χ0) is 18.3. The molecule has 6 nitrogen and oxygen atoms in total. The SMILES string of the molecule is C[C@@H]1CCC[C@H](C)N1c1ccnc(-c2cnc3cnc(C(F)F)cn23)n1. The van der Waals surface area contributed by atoms with Crippen molar-refractivity contribution in [2.45, 2.75) is 51.6 Å². The van der Waals surface area contributed by atoms with Crippen LogP contribution in [0.3, 0.4) is 0 Å². The molecule has 1 aliphatic rings. The normalized spacial score (nSPS) is 20.9. The first-order valence-electron chi connectivity index (χ1n) is 8.77. The highest BCUT2D eigenvalue weighted by atomic mass is 19.3. The van der Waals surface area contributed by atoms with Crippen LogP contribution in [0.15, 0.2) is 30.9 Å². The van der Waals surface area contributed by atoms with Gasteiger partial charge in [-0.05, 0) is 39.2 Å². The summed E-state index contributed by atoms with van der Waals surface area (Å²) in [4.78, 5) is 19.3. The van der Waals surface area contributed by atoms with Crippen LogP contribution in [0.5, 0.6) is 0 Å². The molecule has 1 aliphatic heterocycles. The molecule has 0 N–H and O–H groups in total. The minimum absolute atomic E-state index is 0.300. The number of rotatable bonds is 3. The summed E-state index contributed by atoms with van der Waals surface area (Å²) in [6.45, 7) is 4.40. The summed E-state index contributed by atoms with van der Waals surface area (Å²) in [5.41, 5.74) is 0.757. The molecule has 3 aromatic heterocycles. The molecule has 1 saturated heterocycles. The lowest BCUT2D eigenvalue weighted by atomic mass is 9.97. The Balaban J connectivity index is 1.77. The van der Waals surface area contributed by atoms with Crippen molar-refractivity contribution in [1.29, 1.82) is 0 Å². The van der Waals surface area contributed by atoms with Crippen LogP contribution < -0.4 is 4.90 Å². The van der Waals surface area contributed by atoms with E-state index in [9.17, 15) is 8.78 Å². The van der Waals surface area contributed by atoms with Crippen molar-refractivity contribution < 1.29 is 8.78 Å². The van der Waals surface area contributed by atoms with Gasteiger partial charge in [0, 0.05) is 24.5 Å². The van der Waals surface area contributed by atoms with Gasteiger partial charge in [0.15, 0.2) is 11.5 Å². The fourth-order valence-corrected chi connectivity index (χ4v) is 3.67. The molecule has 0 aliphatic carbocycles. The second-order valence-corrected chi connectivity index (χ2v) is 6.76. The van der Waals surface area contributed by atoms with E-state index in [0.29, 0.717) is 29.2 Å². The number of nitrogens with zero attached hydrogens (tertiary/aromatic N) is 6. The van der Waals surface area contributed by atoms with Crippen molar-refractivity contribution in [2.24, 2.45) is 0 Å². The van der Waals surface area contributed by atoms with E-state index < -0.39 is 6.43 Å². The Hall–Kier alpha value is -2.64. The molecule has 0 spiro atoms. The van der Waals surface area contributed by atoms with E-state index in [1.807, 2.05) is 6.07 Å². The van der Waals surface area contributed by atoms with Gasteiger partial charge in [-0.15, -0.1) is 0 Å². The van der Waals surface area contributed by atoms with E-state index >= 15 is 0 Å². The first-order chi connectivity index (χ1) is 12.5. The molecular weight excluding hydrogens is 338 g/mol. The van der Waals surface area contributed by atoms with Crippen LogP contribution in [0.4, 0.5) is 14.6 Å². The van der Waals surface area contributed by atoms with Crippen molar-refractivity contribution in [1.82, 2.24) is 24.3 Å². The molecule has 0 unspecified atom stereocenters. The Morgan fingerprint density at radius 2 is 1.85 bits per heavy atom. The number of hydrogen-bond donors (Lipinski definition) is 0. The van der Waals surface area contributed by atoms with E-state index in [4.69, 9.17) is 4.98 Å². The zero-order valence-electron chi connectivity index (χ0n) is 14.7. The summed E-state index contributed by atoms with van der Waals surface area (Å²) in [5.74, 6) is 1.32. The van der Waals surface area contributed by atoms with E-state index in [1.165, 1.54) is 18.8 Å². The Bertz CT molecular complexity index is 915. The predicted molar refractivity (Wildman–Crippen MR) is 94.2 cm³/mol. The first kappa shape index (κ1) is 16.8. The molecule has 0 aromatic carbocycles. The number of halogens is 2. The van der Waals surface area contributed by atoms with Gasteiger partial charge in [0.2, 0.25) is 0 Å². The molecule has 2 atom stereocenters. The Labute approximate surface area is 149 Å². The third kappa shape index (κ3) is 2.89. The number of anilines is 1. The lowest BCUT2D eigenvalue weighted by Gasteiger charge is -2.40. The number of alkyl halides is 2. The smallest absolute Gasteiger partial charge is 0.281 e. The molecule has 3 aromatic rings. The first-order valence-corrected chi connectivity index (χ1v) is 8.77. The number of aromatic nitrogens is 5. The maximum atomic E-state index is 13.0. The predicted octanol–water partition coefficient (Wildman–Crippen LogP) is 3.89. The largest absolute Gasteiger partial charge is 0.351 e. The third-order valence-corrected chi connectivity index (χ3v) is 4.97. The highest BCUT2D eigenvalue weighted by Crippen LogP contribution is 2.29. The summed E-state index contributed by atoms with van der Waals surface area (Å²) >= 11 is 0. The van der Waals surface area contributed by atoms with Crippen molar-refractivity contribution in [3.63, 3.8) is 0 Å². The summed E-state index contributed by atoms with van der Waals surface area (Å²) in [5, 5.41) is 0. The van der Waals surface area contributed by atoms with Gasteiger partial charge in [0.05, 0.1) is 12.4 Å². The van der Waals surface area contributed by atoms with Crippen LogP contribution in [0.25, 0.3) is 17.2 Å². The molecule has 136 valence electrons. The van der Waals surface area contributed by atoms with E-state index in [0.717, 1.165) is 18.7 Å². The van der Waals surface area contributed by atoms with Crippen molar-refractivity contribution >= 4 is 11.5 Å². The fourth-order valence-electron chi connectivity index (χ4n) is 3.67. The van der Waals surface area contributed by atoms with E-state index in [-0.39, 0.29) is 5.69 Å². The van der Waals surface area contributed by atoms with Gasteiger partial charge < -0.3 is 4.90 Å². The van der Waals surface area contributed by atoms with Crippen LogP contribution >= 0.6 is 0 Å². The Kier molecular flexibility index (Phi) is 4.26. The highest BCUT2D eigenvalue weighted by Gasteiger charge is 2.26. The van der Waals surface area contributed by atoms with Crippen molar-refractivity contribution in [3.05, 3.63) is 36.5 Å². The lowest BCUT2D eigenvalue weighted by molar-refractivity contribution is 0.145. The van der Waals surface area contributed by atoms with E-state index in [2.05, 4.69) is 33.7 Å². The molecule has 1 fully saturated rings. The Morgan fingerprint density at radius 1 is 1.08 bits per heavy atom. The molecule has 0 saturated carbocycles. The fraction of sp³-hybridized carbons (Fsp3) is 0.444. The van der Waals surface area contributed by atoms with Crippen LogP contribution in [-0.2, 0) is 0 Å². The number of fused-ring (bicyclic) bond motifs is 1. The van der Waals surface area contributed by atoms with Crippen LogP contribution in [0.1, 0.15) is 45.2 Å². The van der Waals surface area contributed by atoms with Gasteiger partial charge >= 0.3 is 0 Å². The third-order valence-electron chi connectivity index (χ3n) is 4.97. The monoisotopic (exact) mass is 358 g/mol. The Morgan fingerprint density at radius 3 is 2.58 bits per heavy atom. The lowest BCUT2D eigenvalue weighted by Crippen LogP contribution is -2.44. The molecule has 4 rings (SSSR count). The van der Waals surface area contributed by atoms with Gasteiger partial charge in [0.25, 0.3) is 6.43 Å². The maximum Gasteiger partial charge on any atom is 0.281 e. The number of piperidine rings is 1. The van der Waals surface area contributed by atoms with Gasteiger partial charge in [-0.1, -0.05) is 0 Å². The molecule has 4 heterocycles. The van der Waals surface area contributed by atoms with Gasteiger partial charge in [-0.25, -0.2) is 28.7 Å². The second-order valence-electron chi connectivity index (χ2n) is 6.76. The average Bonchev–Trinajstić information content (AvgIpc) is 3.05. The number of hydrogen-bond acceptors (Lipinski definition) is 5. The molecular formula is C18H20F2N6. The average molecular weight is 358 g/mol. The summed E-state index contributed by atoms with van der Waals surface area (Å²) in [6, 6.07) is 2.70. The van der Waals surface area contributed by atoms with Crippen molar-refractivity contribution in [2.75, 3.05) is 4.90 Å². The van der Waals surface area contributed by atoms with Crippen molar-refractivity contribution in [3.8, 4) is 11.5 Å². The minimum atomic E-state index is -2.64. The summed E-state index contributed by atoms with van der Waals surface area (Å²) < 4.78 is 27.6. The molecule has 0 bridgehead atoms. The topological polar surface area (TPSA) is 59.2 Å². The van der Waals surface area contributed by atoms with Gasteiger partial charge in [0.1, 0.15) is 17.2 Å². The van der Waals surface area contributed by atoms with Gasteiger partial charge in [-0.3, -0.25) is 4.40 Å². The van der Waals surface area contributed by atoms with Crippen LogP contribution in [0, 0.1) is 0 Å². The maximum absolute atomic E-state index is 13.0. The molecule has 0 amide bonds. The summed E-state index contributed by atoms with van der Waals surface area (Å²) in [7, 11) is 0. The minimum Gasteiger partial charge on any atom is -0.351 e. The zero-order valence-corrected chi connectivity index (χ0v) is 14.7. The molecule has 0 radical (unpaired) electrons. The summed E-state index contributed by atoms with van der Waals surface area (Å²) in [6.07, 6.45) is 6.76. The van der Waals surface area contributed by atoms with Gasteiger partial charge in [-0.2, -0.15) is 0 Å². The quantitative estimate of drug-likeness (QED) is 0.711. The highest BCUT2D eigenvalue weighted by molar-refractivity contribution is 5.58. The van der Waals surface area contributed by atoms with E-state index in [1.54, 1.807) is 16.8 Å². The molecule has 8 heteroatoms. The van der Waals surface area contributed by atoms with Crippen LogP contribution in [-0.4, -0.2) is 36.4 Å². The molecule has 26 heavy (non-hydrogen) atoms. The number of imidazole rings is 1. The standard InChI is InChI=1S/C18H20F2N6/c1-11-4-3-5-12(2)26(11)15-6-7-21-18(24-15)14-8-23-16-9-22-13(17(19)20)10-25(14)16/h6-12,17H,3-5H2,1-2H3/t11-,12+. The second kappa shape index (κ2) is 6.59. The van der Waals surface area contributed by atoms with Crippen LogP contribution in [0.2, 0.25) is 0 Å².